The lowest BCUT2D eigenvalue weighted by atomic mass is 10.1. The third kappa shape index (κ3) is 3.15. The highest BCUT2D eigenvalue weighted by Crippen LogP contribution is 2.24. The van der Waals surface area contributed by atoms with Crippen molar-refractivity contribution >= 4 is 5.91 Å². The summed E-state index contributed by atoms with van der Waals surface area (Å²) in [5, 5.41) is 18.9. The van der Waals surface area contributed by atoms with Gasteiger partial charge in [0, 0.05) is 45.3 Å². The molecule has 0 spiro atoms. The molecule has 6 heteroatoms. The van der Waals surface area contributed by atoms with Crippen LogP contribution >= 0.6 is 0 Å². The maximum Gasteiger partial charge on any atom is 0.257 e. The quantitative estimate of drug-likeness (QED) is 0.705. The first-order valence-corrected chi connectivity index (χ1v) is 6.35. The molecule has 6 nitrogen and oxygen atoms in total. The summed E-state index contributed by atoms with van der Waals surface area (Å²) in [6, 6.07) is 4.02. The largest absolute Gasteiger partial charge is 0.508 e. The van der Waals surface area contributed by atoms with Crippen molar-refractivity contribution in [3.05, 3.63) is 23.8 Å². The van der Waals surface area contributed by atoms with Gasteiger partial charge in [-0.2, -0.15) is 0 Å². The van der Waals surface area contributed by atoms with Gasteiger partial charge >= 0.3 is 0 Å². The van der Waals surface area contributed by atoms with Gasteiger partial charge in [-0.3, -0.25) is 9.69 Å². The zero-order chi connectivity index (χ0) is 13.8. The van der Waals surface area contributed by atoms with Crippen LogP contribution in [0.15, 0.2) is 18.2 Å². The summed E-state index contributed by atoms with van der Waals surface area (Å²) >= 11 is 0. The van der Waals surface area contributed by atoms with Crippen LogP contribution in [0.5, 0.6) is 11.5 Å². The zero-order valence-corrected chi connectivity index (χ0v) is 10.7. The van der Waals surface area contributed by atoms with Gasteiger partial charge in [0.05, 0.1) is 5.56 Å². The number of rotatable bonds is 3. The third-order valence-corrected chi connectivity index (χ3v) is 3.32. The number of aromatic hydroxyl groups is 2. The van der Waals surface area contributed by atoms with E-state index in [9.17, 15) is 15.0 Å². The molecule has 0 unspecified atom stereocenters. The molecule has 1 amide bonds. The van der Waals surface area contributed by atoms with Gasteiger partial charge in [-0.15, -0.1) is 0 Å². The molecule has 2 rings (SSSR count). The average molecular weight is 265 g/mol. The molecule has 4 N–H and O–H groups in total. The van der Waals surface area contributed by atoms with Gasteiger partial charge in [-0.1, -0.05) is 0 Å². The van der Waals surface area contributed by atoms with Crippen molar-refractivity contribution in [2.45, 2.75) is 0 Å². The molecule has 104 valence electrons. The highest BCUT2D eigenvalue weighted by atomic mass is 16.3. The maximum atomic E-state index is 12.2. The number of hydrogen-bond acceptors (Lipinski definition) is 5. The first-order valence-electron chi connectivity index (χ1n) is 6.35. The number of piperazine rings is 1. The van der Waals surface area contributed by atoms with Gasteiger partial charge in [0.25, 0.3) is 5.91 Å². The second-order valence-electron chi connectivity index (χ2n) is 4.62. The number of nitrogens with two attached hydrogens (primary N) is 1. The first-order chi connectivity index (χ1) is 9.11. The van der Waals surface area contributed by atoms with Crippen LogP contribution in [0.25, 0.3) is 0 Å². The van der Waals surface area contributed by atoms with Crippen molar-refractivity contribution in [3.63, 3.8) is 0 Å². The molecular formula is C13H19N3O3. The lowest BCUT2D eigenvalue weighted by Crippen LogP contribution is -2.49. The fourth-order valence-corrected chi connectivity index (χ4v) is 2.23. The molecule has 0 radical (unpaired) electrons. The zero-order valence-electron chi connectivity index (χ0n) is 10.7. The Morgan fingerprint density at radius 1 is 1.21 bits per heavy atom. The number of amides is 1. The van der Waals surface area contributed by atoms with Crippen LogP contribution in [0.1, 0.15) is 10.4 Å². The van der Waals surface area contributed by atoms with Crippen LogP contribution in [0.4, 0.5) is 0 Å². The summed E-state index contributed by atoms with van der Waals surface area (Å²) in [7, 11) is 0. The summed E-state index contributed by atoms with van der Waals surface area (Å²) in [4.78, 5) is 16.2. The lowest BCUT2D eigenvalue weighted by molar-refractivity contribution is 0.0638. The topological polar surface area (TPSA) is 90.0 Å². The predicted molar refractivity (Wildman–Crippen MR) is 71.2 cm³/mol. The van der Waals surface area contributed by atoms with E-state index in [1.807, 2.05) is 0 Å². The predicted octanol–water partition coefficient (Wildman–Crippen LogP) is -0.186. The fraction of sp³-hybridized carbons (Fsp3) is 0.462. The summed E-state index contributed by atoms with van der Waals surface area (Å²) in [5.74, 6) is -0.443. The van der Waals surface area contributed by atoms with E-state index in [1.165, 1.54) is 18.2 Å². The Labute approximate surface area is 112 Å². The number of carbonyl (C=O) groups excluding carboxylic acids is 1. The van der Waals surface area contributed by atoms with E-state index in [1.54, 1.807) is 4.90 Å². The molecule has 0 atom stereocenters. The van der Waals surface area contributed by atoms with Crippen LogP contribution in [0.3, 0.4) is 0 Å². The van der Waals surface area contributed by atoms with Crippen LogP contribution in [-0.2, 0) is 0 Å². The van der Waals surface area contributed by atoms with Gasteiger partial charge in [-0.25, -0.2) is 0 Å². The Kier molecular flexibility index (Phi) is 4.24. The molecule has 1 heterocycles. The molecule has 0 aliphatic carbocycles. The van der Waals surface area contributed by atoms with Crippen molar-refractivity contribution < 1.29 is 15.0 Å². The monoisotopic (exact) mass is 265 g/mol. The highest BCUT2D eigenvalue weighted by molar-refractivity contribution is 5.97. The molecule has 1 saturated heterocycles. The fourth-order valence-electron chi connectivity index (χ4n) is 2.23. The summed E-state index contributed by atoms with van der Waals surface area (Å²) in [6.45, 7) is 4.29. The number of carbonyl (C=O) groups is 1. The molecule has 0 aromatic heterocycles. The second kappa shape index (κ2) is 5.90. The Balaban J connectivity index is 2.01. The number of nitrogens with zero attached hydrogens (tertiary/aromatic N) is 2. The van der Waals surface area contributed by atoms with E-state index in [4.69, 9.17) is 5.73 Å². The highest BCUT2D eigenvalue weighted by Gasteiger charge is 2.23. The molecule has 1 aliphatic rings. The molecule has 1 fully saturated rings. The Bertz CT molecular complexity index is 456. The van der Waals surface area contributed by atoms with E-state index in [0.29, 0.717) is 19.6 Å². The van der Waals surface area contributed by atoms with Crippen molar-refractivity contribution in [3.8, 4) is 11.5 Å². The number of hydrogen-bond donors (Lipinski definition) is 3. The van der Waals surface area contributed by atoms with E-state index < -0.39 is 0 Å². The third-order valence-electron chi connectivity index (χ3n) is 3.32. The standard InChI is InChI=1S/C13H19N3O3/c14-3-4-15-5-7-16(8-6-15)13(19)11-2-1-10(17)9-12(11)18/h1-2,9,17-18H,3-8,14H2. The molecule has 19 heavy (non-hydrogen) atoms. The average Bonchev–Trinajstić information content (AvgIpc) is 2.39. The van der Waals surface area contributed by atoms with Gasteiger partial charge in [0.1, 0.15) is 11.5 Å². The van der Waals surface area contributed by atoms with Crippen LogP contribution in [0, 0.1) is 0 Å². The summed E-state index contributed by atoms with van der Waals surface area (Å²) in [5.41, 5.74) is 5.73. The van der Waals surface area contributed by atoms with Crippen LogP contribution in [-0.4, -0.2) is 65.2 Å². The van der Waals surface area contributed by atoms with Crippen molar-refractivity contribution in [1.29, 1.82) is 0 Å². The van der Waals surface area contributed by atoms with Crippen molar-refractivity contribution in [1.82, 2.24) is 9.80 Å². The molecule has 0 saturated carbocycles. The Morgan fingerprint density at radius 2 is 1.89 bits per heavy atom. The SMILES string of the molecule is NCCN1CCN(C(=O)c2ccc(O)cc2O)CC1. The normalized spacial score (nSPS) is 16.6. The number of phenolic OH excluding ortho intramolecular Hbond substituents is 2. The van der Waals surface area contributed by atoms with Gasteiger partial charge in [0.15, 0.2) is 0 Å². The summed E-state index contributed by atoms with van der Waals surface area (Å²) in [6.07, 6.45) is 0. The minimum atomic E-state index is -0.204. The van der Waals surface area contributed by atoms with Crippen molar-refractivity contribution in [2.24, 2.45) is 5.73 Å². The molecule has 1 aromatic carbocycles. The maximum absolute atomic E-state index is 12.2. The summed E-state index contributed by atoms with van der Waals surface area (Å²) < 4.78 is 0. The van der Waals surface area contributed by atoms with E-state index in [-0.39, 0.29) is 23.0 Å². The molecule has 1 aromatic rings. The minimum absolute atomic E-state index is 0.0539. The van der Waals surface area contributed by atoms with Gasteiger partial charge in [0.2, 0.25) is 0 Å². The Hall–Kier alpha value is -1.79. The molecular weight excluding hydrogens is 246 g/mol. The number of benzene rings is 1. The van der Waals surface area contributed by atoms with E-state index in [2.05, 4.69) is 4.90 Å². The molecule has 1 aliphatic heterocycles. The van der Waals surface area contributed by atoms with Gasteiger partial charge < -0.3 is 20.8 Å². The minimum Gasteiger partial charge on any atom is -0.508 e. The second-order valence-corrected chi connectivity index (χ2v) is 4.62. The Morgan fingerprint density at radius 3 is 2.47 bits per heavy atom. The molecule has 0 bridgehead atoms. The van der Waals surface area contributed by atoms with Crippen LogP contribution < -0.4 is 5.73 Å². The van der Waals surface area contributed by atoms with Gasteiger partial charge in [-0.05, 0) is 12.1 Å². The van der Waals surface area contributed by atoms with E-state index >= 15 is 0 Å². The number of phenols is 2. The smallest absolute Gasteiger partial charge is 0.257 e. The van der Waals surface area contributed by atoms with Crippen molar-refractivity contribution in [2.75, 3.05) is 39.3 Å². The lowest BCUT2D eigenvalue weighted by Gasteiger charge is -2.34. The van der Waals surface area contributed by atoms with E-state index in [0.717, 1.165) is 19.6 Å². The van der Waals surface area contributed by atoms with Crippen LogP contribution in [0.2, 0.25) is 0 Å². The first kappa shape index (κ1) is 13.6.